The van der Waals surface area contributed by atoms with Gasteiger partial charge in [-0.2, -0.15) is 5.10 Å². The lowest BCUT2D eigenvalue weighted by atomic mass is 10.1. The van der Waals surface area contributed by atoms with E-state index in [0.29, 0.717) is 0 Å². The van der Waals surface area contributed by atoms with E-state index in [-0.39, 0.29) is 6.10 Å². The molecule has 0 radical (unpaired) electrons. The number of nitrogens with zero attached hydrogens (tertiary/aromatic N) is 2. The number of hydrogen-bond donors (Lipinski definition) is 1. The normalized spacial score (nSPS) is 10.9. The third-order valence-corrected chi connectivity index (χ3v) is 3.38. The van der Waals surface area contributed by atoms with Gasteiger partial charge in [-0.1, -0.05) is 0 Å². The van der Waals surface area contributed by atoms with Crippen molar-refractivity contribution in [3.05, 3.63) is 41.2 Å². The molecule has 20 heavy (non-hydrogen) atoms. The average Bonchev–Trinajstić information content (AvgIpc) is 2.68. The summed E-state index contributed by atoms with van der Waals surface area (Å²) in [5.41, 5.74) is 4.72. The smallest absolute Gasteiger partial charge is 0.120 e. The number of benzene rings is 1. The zero-order chi connectivity index (χ0) is 14.7. The number of aryl methyl sites for hydroxylation is 2. The molecule has 1 aromatic carbocycles. The Morgan fingerprint density at radius 3 is 2.60 bits per heavy atom. The molecule has 0 bridgehead atoms. The first kappa shape index (κ1) is 14.4. The Morgan fingerprint density at radius 1 is 1.30 bits per heavy atom. The van der Waals surface area contributed by atoms with Crippen molar-refractivity contribution in [1.82, 2.24) is 9.78 Å². The van der Waals surface area contributed by atoms with Crippen LogP contribution in [0.1, 0.15) is 30.7 Å². The monoisotopic (exact) mass is 273 g/mol. The lowest BCUT2D eigenvalue weighted by Crippen LogP contribution is -2.06. The fourth-order valence-corrected chi connectivity index (χ4v) is 2.09. The first-order valence-corrected chi connectivity index (χ1v) is 6.96. The molecule has 108 valence electrons. The molecule has 4 heteroatoms. The summed E-state index contributed by atoms with van der Waals surface area (Å²) < 4.78 is 7.59. The third kappa shape index (κ3) is 3.32. The molecule has 0 spiro atoms. The summed E-state index contributed by atoms with van der Waals surface area (Å²) in [7, 11) is 1.96. The minimum absolute atomic E-state index is 0.200. The Hall–Kier alpha value is -1.97. The molecule has 1 heterocycles. The number of hydrogen-bond acceptors (Lipinski definition) is 3. The lowest BCUT2D eigenvalue weighted by Gasteiger charge is -2.13. The topological polar surface area (TPSA) is 39.1 Å². The molecular formula is C16H23N3O. The van der Waals surface area contributed by atoms with Crippen LogP contribution in [0.15, 0.2) is 24.4 Å². The van der Waals surface area contributed by atoms with E-state index in [2.05, 4.69) is 36.4 Å². The molecule has 0 aliphatic heterocycles. The number of ether oxygens (including phenoxy) is 1. The van der Waals surface area contributed by atoms with Crippen molar-refractivity contribution in [2.24, 2.45) is 7.05 Å². The largest absolute Gasteiger partial charge is 0.491 e. The summed E-state index contributed by atoms with van der Waals surface area (Å²) in [5.74, 6) is 0.917. The van der Waals surface area contributed by atoms with Crippen LogP contribution in [0.2, 0.25) is 0 Å². The van der Waals surface area contributed by atoms with Gasteiger partial charge in [-0.3, -0.25) is 4.68 Å². The van der Waals surface area contributed by atoms with E-state index in [9.17, 15) is 0 Å². The van der Waals surface area contributed by atoms with Gasteiger partial charge in [0.05, 0.1) is 12.3 Å². The van der Waals surface area contributed by atoms with Gasteiger partial charge in [-0.25, -0.2) is 0 Å². The second kappa shape index (κ2) is 5.99. The van der Waals surface area contributed by atoms with Crippen LogP contribution in [0, 0.1) is 13.8 Å². The Bertz CT molecular complexity index is 587. The van der Waals surface area contributed by atoms with Crippen LogP contribution in [0.3, 0.4) is 0 Å². The van der Waals surface area contributed by atoms with Crippen molar-refractivity contribution in [1.29, 1.82) is 0 Å². The van der Waals surface area contributed by atoms with E-state index in [0.717, 1.165) is 18.0 Å². The fourth-order valence-electron chi connectivity index (χ4n) is 2.09. The molecule has 2 rings (SSSR count). The zero-order valence-electron chi connectivity index (χ0n) is 12.9. The minimum atomic E-state index is 0.200. The molecule has 0 unspecified atom stereocenters. The molecule has 1 aromatic heterocycles. The Balaban J connectivity index is 2.05. The van der Waals surface area contributed by atoms with Gasteiger partial charge in [-0.15, -0.1) is 0 Å². The Morgan fingerprint density at radius 2 is 2.05 bits per heavy atom. The molecule has 0 saturated heterocycles. The van der Waals surface area contributed by atoms with Gasteiger partial charge in [0.1, 0.15) is 5.75 Å². The van der Waals surface area contributed by atoms with Crippen LogP contribution in [0.25, 0.3) is 0 Å². The highest BCUT2D eigenvalue weighted by Gasteiger charge is 2.06. The highest BCUT2D eigenvalue weighted by molar-refractivity contribution is 5.54. The molecule has 2 aromatic rings. The summed E-state index contributed by atoms with van der Waals surface area (Å²) in [6.45, 7) is 9.02. The minimum Gasteiger partial charge on any atom is -0.491 e. The third-order valence-electron chi connectivity index (χ3n) is 3.38. The van der Waals surface area contributed by atoms with Crippen molar-refractivity contribution in [2.75, 3.05) is 5.32 Å². The molecule has 0 amide bonds. The highest BCUT2D eigenvalue weighted by Crippen LogP contribution is 2.23. The lowest BCUT2D eigenvalue weighted by molar-refractivity contribution is 0.242. The Labute approximate surface area is 120 Å². The standard InChI is InChI=1S/C16H23N3O/c1-11(2)20-15-6-7-16(12(3)8-15)17-9-14-10-18-19(5)13(14)4/h6-8,10-11,17H,9H2,1-5H3. The molecule has 0 atom stereocenters. The van der Waals surface area contributed by atoms with Crippen LogP contribution in [0.4, 0.5) is 5.69 Å². The molecular weight excluding hydrogens is 250 g/mol. The van der Waals surface area contributed by atoms with E-state index in [4.69, 9.17) is 4.74 Å². The number of aromatic nitrogens is 2. The van der Waals surface area contributed by atoms with E-state index >= 15 is 0 Å². The van der Waals surface area contributed by atoms with Crippen LogP contribution in [0.5, 0.6) is 5.75 Å². The van der Waals surface area contributed by atoms with Crippen LogP contribution < -0.4 is 10.1 Å². The van der Waals surface area contributed by atoms with E-state index < -0.39 is 0 Å². The predicted octanol–water partition coefficient (Wildman–Crippen LogP) is 3.44. The van der Waals surface area contributed by atoms with Gasteiger partial charge >= 0.3 is 0 Å². The quantitative estimate of drug-likeness (QED) is 0.907. The summed E-state index contributed by atoms with van der Waals surface area (Å²) >= 11 is 0. The predicted molar refractivity (Wildman–Crippen MR) is 82.2 cm³/mol. The van der Waals surface area contributed by atoms with E-state index in [1.165, 1.54) is 16.8 Å². The summed E-state index contributed by atoms with van der Waals surface area (Å²) in [4.78, 5) is 0. The molecule has 0 aliphatic rings. The van der Waals surface area contributed by atoms with Crippen LogP contribution in [-0.2, 0) is 13.6 Å². The van der Waals surface area contributed by atoms with Crippen molar-refractivity contribution < 1.29 is 4.74 Å². The van der Waals surface area contributed by atoms with Gasteiger partial charge in [-0.05, 0) is 51.5 Å². The van der Waals surface area contributed by atoms with Gasteiger partial charge in [0.25, 0.3) is 0 Å². The first-order chi connectivity index (χ1) is 9.47. The summed E-state index contributed by atoms with van der Waals surface area (Å²) in [6.07, 6.45) is 2.11. The molecule has 4 nitrogen and oxygen atoms in total. The number of nitrogens with one attached hydrogen (secondary N) is 1. The van der Waals surface area contributed by atoms with Crippen LogP contribution >= 0.6 is 0 Å². The van der Waals surface area contributed by atoms with E-state index in [1.807, 2.05) is 37.8 Å². The highest BCUT2D eigenvalue weighted by atomic mass is 16.5. The molecule has 0 aliphatic carbocycles. The van der Waals surface area contributed by atoms with Gasteiger partial charge in [0.2, 0.25) is 0 Å². The van der Waals surface area contributed by atoms with Crippen molar-refractivity contribution >= 4 is 5.69 Å². The van der Waals surface area contributed by atoms with Crippen molar-refractivity contribution in [3.8, 4) is 5.75 Å². The second-order valence-corrected chi connectivity index (χ2v) is 5.38. The molecule has 1 N–H and O–H groups in total. The Kier molecular flexibility index (Phi) is 4.32. The maximum absolute atomic E-state index is 5.69. The maximum atomic E-state index is 5.69. The van der Waals surface area contributed by atoms with Crippen LogP contribution in [-0.4, -0.2) is 15.9 Å². The molecule has 0 fully saturated rings. The second-order valence-electron chi connectivity index (χ2n) is 5.38. The average molecular weight is 273 g/mol. The van der Waals surface area contributed by atoms with Crippen molar-refractivity contribution in [2.45, 2.75) is 40.3 Å². The fraction of sp³-hybridized carbons (Fsp3) is 0.438. The summed E-state index contributed by atoms with van der Waals surface area (Å²) in [6, 6.07) is 6.14. The number of rotatable bonds is 5. The maximum Gasteiger partial charge on any atom is 0.120 e. The summed E-state index contributed by atoms with van der Waals surface area (Å²) in [5, 5.41) is 7.71. The van der Waals surface area contributed by atoms with E-state index in [1.54, 1.807) is 0 Å². The van der Waals surface area contributed by atoms with Gasteiger partial charge in [0, 0.05) is 30.5 Å². The zero-order valence-corrected chi connectivity index (χ0v) is 12.9. The van der Waals surface area contributed by atoms with Crippen molar-refractivity contribution in [3.63, 3.8) is 0 Å². The molecule has 0 saturated carbocycles. The van der Waals surface area contributed by atoms with Gasteiger partial charge < -0.3 is 10.1 Å². The van der Waals surface area contributed by atoms with Gasteiger partial charge in [0.15, 0.2) is 0 Å². The first-order valence-electron chi connectivity index (χ1n) is 6.96. The number of anilines is 1. The SMILES string of the molecule is Cc1cc(OC(C)C)ccc1NCc1cnn(C)c1C.